The number of aromatic nitrogens is 2. The van der Waals surface area contributed by atoms with E-state index in [2.05, 4.69) is 19.2 Å². The van der Waals surface area contributed by atoms with E-state index < -0.39 is 0 Å². The lowest BCUT2D eigenvalue weighted by molar-refractivity contribution is 0.498. The Kier molecular flexibility index (Phi) is 6.56. The van der Waals surface area contributed by atoms with Gasteiger partial charge in [-0.1, -0.05) is 13.8 Å². The van der Waals surface area contributed by atoms with Crippen LogP contribution in [0.1, 0.15) is 33.6 Å². The van der Waals surface area contributed by atoms with Crippen LogP contribution in [-0.4, -0.2) is 22.2 Å². The molecule has 0 aliphatic rings. The first-order valence-electron chi connectivity index (χ1n) is 7.07. The highest BCUT2D eigenvalue weighted by Gasteiger charge is 2.03. The second kappa shape index (κ2) is 7.94. The van der Waals surface area contributed by atoms with Gasteiger partial charge in [-0.3, -0.25) is 9.36 Å². The van der Waals surface area contributed by atoms with Gasteiger partial charge in [0.15, 0.2) is 0 Å². The maximum atomic E-state index is 11.9. The number of nitrogens with zero attached hydrogens (tertiary/aromatic N) is 2. The second-order valence-corrected chi connectivity index (χ2v) is 5.16. The van der Waals surface area contributed by atoms with Crippen LogP contribution in [0.25, 0.3) is 0 Å². The van der Waals surface area contributed by atoms with Gasteiger partial charge in [0.25, 0.3) is 5.56 Å². The third-order valence-electron chi connectivity index (χ3n) is 3.13. The molecule has 1 rings (SSSR count). The van der Waals surface area contributed by atoms with Gasteiger partial charge in [0.2, 0.25) is 0 Å². The minimum atomic E-state index is -0.223. The molecule has 0 aromatic carbocycles. The molecule has 19 heavy (non-hydrogen) atoms. The summed E-state index contributed by atoms with van der Waals surface area (Å²) in [5.41, 5.74) is -0.447. The van der Waals surface area contributed by atoms with Crippen molar-refractivity contribution in [2.24, 2.45) is 5.92 Å². The lowest BCUT2D eigenvalue weighted by Crippen LogP contribution is -2.41. The molecule has 0 amide bonds. The standard InChI is InChI=1S/C14H25N3O2/c1-4-16-10-7-13(18)17(14(16)19)11-9-15-8-5-6-12(2)3/h7,10,12,15H,4-6,8-9,11H2,1-3H3. The molecule has 0 spiro atoms. The molecule has 5 nitrogen and oxygen atoms in total. The number of hydrogen-bond acceptors (Lipinski definition) is 3. The number of aryl methyl sites for hydroxylation is 1. The average molecular weight is 267 g/mol. The molecule has 0 saturated carbocycles. The molecular weight excluding hydrogens is 242 g/mol. The molecular formula is C14H25N3O2. The fourth-order valence-corrected chi connectivity index (χ4v) is 1.95. The van der Waals surface area contributed by atoms with Crippen LogP contribution in [0.15, 0.2) is 21.9 Å². The smallest absolute Gasteiger partial charge is 0.315 e. The van der Waals surface area contributed by atoms with E-state index in [0.29, 0.717) is 19.6 Å². The van der Waals surface area contributed by atoms with Crippen molar-refractivity contribution in [2.45, 2.75) is 46.7 Å². The van der Waals surface area contributed by atoms with E-state index in [1.165, 1.54) is 17.1 Å². The van der Waals surface area contributed by atoms with Gasteiger partial charge in [0, 0.05) is 31.9 Å². The fraction of sp³-hybridized carbons (Fsp3) is 0.714. The van der Waals surface area contributed by atoms with Crippen LogP contribution in [-0.2, 0) is 13.1 Å². The third kappa shape index (κ3) is 5.03. The molecule has 0 saturated heterocycles. The van der Waals surface area contributed by atoms with Gasteiger partial charge in [-0.2, -0.15) is 0 Å². The molecule has 5 heteroatoms. The molecule has 1 aromatic heterocycles. The Morgan fingerprint density at radius 2 is 2.00 bits per heavy atom. The summed E-state index contributed by atoms with van der Waals surface area (Å²) >= 11 is 0. The van der Waals surface area contributed by atoms with E-state index >= 15 is 0 Å². The van der Waals surface area contributed by atoms with Crippen molar-refractivity contribution in [3.05, 3.63) is 33.1 Å². The van der Waals surface area contributed by atoms with Crippen LogP contribution >= 0.6 is 0 Å². The summed E-state index contributed by atoms with van der Waals surface area (Å²) in [4.78, 5) is 23.6. The Labute approximate surface area is 114 Å². The van der Waals surface area contributed by atoms with Gasteiger partial charge < -0.3 is 9.88 Å². The zero-order valence-corrected chi connectivity index (χ0v) is 12.2. The van der Waals surface area contributed by atoms with E-state index in [9.17, 15) is 9.59 Å². The maximum absolute atomic E-state index is 11.9. The highest BCUT2D eigenvalue weighted by molar-refractivity contribution is 4.86. The van der Waals surface area contributed by atoms with E-state index in [1.54, 1.807) is 10.8 Å². The highest BCUT2D eigenvalue weighted by Crippen LogP contribution is 2.01. The molecule has 0 aliphatic carbocycles. The van der Waals surface area contributed by atoms with Gasteiger partial charge in [-0.05, 0) is 32.2 Å². The lowest BCUT2D eigenvalue weighted by Gasteiger charge is -2.09. The van der Waals surface area contributed by atoms with Crippen molar-refractivity contribution in [1.82, 2.24) is 14.5 Å². The van der Waals surface area contributed by atoms with E-state index in [-0.39, 0.29) is 11.2 Å². The monoisotopic (exact) mass is 267 g/mol. The number of rotatable bonds is 8. The Balaban J connectivity index is 2.45. The third-order valence-corrected chi connectivity index (χ3v) is 3.13. The van der Waals surface area contributed by atoms with Crippen LogP contribution in [0.2, 0.25) is 0 Å². The number of nitrogens with one attached hydrogen (secondary N) is 1. The summed E-state index contributed by atoms with van der Waals surface area (Å²) in [7, 11) is 0. The van der Waals surface area contributed by atoms with E-state index in [4.69, 9.17) is 0 Å². The van der Waals surface area contributed by atoms with Crippen LogP contribution in [0.4, 0.5) is 0 Å². The minimum absolute atomic E-state index is 0.223. The normalized spacial score (nSPS) is 11.2. The van der Waals surface area contributed by atoms with E-state index in [0.717, 1.165) is 18.9 Å². The van der Waals surface area contributed by atoms with Crippen molar-refractivity contribution < 1.29 is 0 Å². The fourth-order valence-electron chi connectivity index (χ4n) is 1.95. The molecule has 0 unspecified atom stereocenters. The lowest BCUT2D eigenvalue weighted by atomic mass is 10.1. The molecule has 108 valence electrons. The molecule has 0 bridgehead atoms. The van der Waals surface area contributed by atoms with Crippen LogP contribution in [0.5, 0.6) is 0 Å². The Bertz CT molecular complexity index is 488. The van der Waals surface area contributed by atoms with Gasteiger partial charge >= 0.3 is 5.69 Å². The largest absolute Gasteiger partial charge is 0.330 e. The maximum Gasteiger partial charge on any atom is 0.330 e. The molecule has 1 heterocycles. The first-order valence-corrected chi connectivity index (χ1v) is 7.07. The first-order chi connectivity index (χ1) is 9.06. The topological polar surface area (TPSA) is 56.0 Å². The predicted molar refractivity (Wildman–Crippen MR) is 77.6 cm³/mol. The minimum Gasteiger partial charge on any atom is -0.315 e. The van der Waals surface area contributed by atoms with Crippen LogP contribution < -0.4 is 16.6 Å². The van der Waals surface area contributed by atoms with Gasteiger partial charge in [-0.15, -0.1) is 0 Å². The molecule has 1 aromatic rings. The van der Waals surface area contributed by atoms with Gasteiger partial charge in [0.1, 0.15) is 0 Å². The van der Waals surface area contributed by atoms with Crippen molar-refractivity contribution in [1.29, 1.82) is 0 Å². The summed E-state index contributed by atoms with van der Waals surface area (Å²) in [6.45, 7) is 8.90. The quantitative estimate of drug-likeness (QED) is 0.716. The summed E-state index contributed by atoms with van der Waals surface area (Å²) in [5, 5.41) is 3.27. The summed E-state index contributed by atoms with van der Waals surface area (Å²) in [5.74, 6) is 0.718. The molecule has 0 fully saturated rings. The molecule has 0 aliphatic heterocycles. The molecule has 0 atom stereocenters. The SMILES string of the molecule is CCn1ccc(=O)n(CCNCCCC(C)C)c1=O. The second-order valence-electron chi connectivity index (χ2n) is 5.16. The van der Waals surface area contributed by atoms with Crippen LogP contribution in [0.3, 0.4) is 0 Å². The van der Waals surface area contributed by atoms with Gasteiger partial charge in [-0.25, -0.2) is 4.79 Å². The van der Waals surface area contributed by atoms with Crippen molar-refractivity contribution >= 4 is 0 Å². The van der Waals surface area contributed by atoms with Crippen molar-refractivity contribution in [2.75, 3.05) is 13.1 Å². The molecule has 0 radical (unpaired) electrons. The predicted octanol–water partition coefficient (Wildman–Crippen LogP) is 1.06. The van der Waals surface area contributed by atoms with E-state index in [1.807, 2.05) is 6.92 Å². The first kappa shape index (κ1) is 15.7. The highest BCUT2D eigenvalue weighted by atomic mass is 16.2. The van der Waals surface area contributed by atoms with Crippen molar-refractivity contribution in [3.63, 3.8) is 0 Å². The molecule has 1 N–H and O–H groups in total. The number of hydrogen-bond donors (Lipinski definition) is 1. The summed E-state index contributed by atoms with van der Waals surface area (Å²) < 4.78 is 2.83. The Morgan fingerprint density at radius 3 is 2.63 bits per heavy atom. The average Bonchev–Trinajstić information content (AvgIpc) is 2.36. The van der Waals surface area contributed by atoms with Gasteiger partial charge in [0.05, 0.1) is 0 Å². The Morgan fingerprint density at radius 1 is 1.26 bits per heavy atom. The zero-order chi connectivity index (χ0) is 14.3. The Hall–Kier alpha value is -1.36. The summed E-state index contributed by atoms with van der Waals surface area (Å²) in [6, 6.07) is 1.45. The van der Waals surface area contributed by atoms with Crippen molar-refractivity contribution in [3.8, 4) is 0 Å². The summed E-state index contributed by atoms with van der Waals surface area (Å²) in [6.07, 6.45) is 3.87. The van der Waals surface area contributed by atoms with Crippen LogP contribution in [0, 0.1) is 5.92 Å². The zero-order valence-electron chi connectivity index (χ0n) is 12.2.